The van der Waals surface area contributed by atoms with Gasteiger partial charge in [0.05, 0.1) is 13.2 Å². The molecule has 3 heteroatoms. The van der Waals surface area contributed by atoms with E-state index in [1.54, 1.807) is 13.2 Å². The van der Waals surface area contributed by atoms with Crippen LogP contribution in [0, 0.1) is 13.0 Å². The van der Waals surface area contributed by atoms with Crippen molar-refractivity contribution < 1.29 is 14.2 Å². The van der Waals surface area contributed by atoms with E-state index in [1.165, 1.54) is 0 Å². The van der Waals surface area contributed by atoms with Gasteiger partial charge in [-0.1, -0.05) is 12.1 Å². The molecule has 14 heavy (non-hydrogen) atoms. The summed E-state index contributed by atoms with van der Waals surface area (Å²) >= 11 is 0. The Bertz CT molecular complexity index is 260. The molecule has 1 rings (SSSR count). The van der Waals surface area contributed by atoms with Gasteiger partial charge in [0.1, 0.15) is 5.75 Å². The lowest BCUT2D eigenvalue weighted by Gasteiger charge is -2.08. The molecule has 1 aromatic carbocycles. The van der Waals surface area contributed by atoms with Gasteiger partial charge in [0.2, 0.25) is 0 Å². The zero-order valence-corrected chi connectivity index (χ0v) is 8.58. The molecule has 1 radical (unpaired) electrons. The summed E-state index contributed by atoms with van der Waals surface area (Å²) in [7, 11) is 1.64. The standard InChI is InChI=1S/C11H15O3/c1-10-5-3-4-6-11(10)14-9-13-8-7-12-2/h3,5-6H,7-9H2,1-2H3. The van der Waals surface area contributed by atoms with Crippen LogP contribution in [0.3, 0.4) is 0 Å². The summed E-state index contributed by atoms with van der Waals surface area (Å²) in [6, 6.07) is 8.55. The smallest absolute Gasteiger partial charge is 0.189 e. The summed E-state index contributed by atoms with van der Waals surface area (Å²) in [5.74, 6) is 0.810. The third kappa shape index (κ3) is 3.77. The molecule has 1 aromatic rings. The minimum absolute atomic E-state index is 0.252. The number of hydrogen-bond donors (Lipinski definition) is 0. The average Bonchev–Trinajstić information content (AvgIpc) is 2.20. The van der Waals surface area contributed by atoms with Gasteiger partial charge in [-0.3, -0.25) is 0 Å². The summed E-state index contributed by atoms with van der Waals surface area (Å²) < 4.78 is 15.4. The first-order chi connectivity index (χ1) is 6.84. The Morgan fingerprint density at radius 1 is 1.36 bits per heavy atom. The lowest BCUT2D eigenvalue weighted by atomic mass is 10.2. The quantitative estimate of drug-likeness (QED) is 0.511. The van der Waals surface area contributed by atoms with Gasteiger partial charge in [-0.15, -0.1) is 0 Å². The normalized spacial score (nSPS) is 10.1. The molecule has 0 atom stereocenters. The van der Waals surface area contributed by atoms with Crippen molar-refractivity contribution in [3.63, 3.8) is 0 Å². The highest BCUT2D eigenvalue weighted by atomic mass is 16.7. The molecule has 0 heterocycles. The highest BCUT2D eigenvalue weighted by molar-refractivity contribution is 5.30. The van der Waals surface area contributed by atoms with Gasteiger partial charge in [-0.2, -0.15) is 0 Å². The monoisotopic (exact) mass is 195 g/mol. The first-order valence-electron chi connectivity index (χ1n) is 4.51. The molecular formula is C11H15O3. The van der Waals surface area contributed by atoms with Gasteiger partial charge in [0.15, 0.2) is 6.79 Å². The van der Waals surface area contributed by atoms with Crippen molar-refractivity contribution in [2.45, 2.75) is 6.92 Å². The Morgan fingerprint density at radius 3 is 2.93 bits per heavy atom. The zero-order chi connectivity index (χ0) is 10.2. The van der Waals surface area contributed by atoms with E-state index in [2.05, 4.69) is 6.07 Å². The van der Waals surface area contributed by atoms with Crippen LogP contribution in [0.4, 0.5) is 0 Å². The first kappa shape index (κ1) is 11.0. The molecule has 77 valence electrons. The maximum absolute atomic E-state index is 5.37. The third-order valence-electron chi connectivity index (χ3n) is 1.76. The molecule has 0 saturated carbocycles. The minimum atomic E-state index is 0.252. The lowest BCUT2D eigenvalue weighted by molar-refractivity contribution is -0.00876. The number of hydrogen-bond acceptors (Lipinski definition) is 3. The van der Waals surface area contributed by atoms with E-state index in [0.717, 1.165) is 11.3 Å². The fraction of sp³-hybridized carbons (Fsp3) is 0.455. The van der Waals surface area contributed by atoms with Crippen molar-refractivity contribution in [2.75, 3.05) is 27.1 Å². The molecule has 0 unspecified atom stereocenters. The Balaban J connectivity index is 2.21. The van der Waals surface area contributed by atoms with Crippen molar-refractivity contribution in [3.05, 3.63) is 29.8 Å². The van der Waals surface area contributed by atoms with Crippen molar-refractivity contribution in [3.8, 4) is 5.75 Å². The highest BCUT2D eigenvalue weighted by Gasteiger charge is 1.96. The predicted octanol–water partition coefficient (Wildman–Crippen LogP) is 1.79. The van der Waals surface area contributed by atoms with Crippen LogP contribution in [-0.2, 0) is 9.47 Å². The SMILES string of the molecule is COCCOCOc1c[c]ccc1C. The molecule has 0 amide bonds. The fourth-order valence-corrected chi connectivity index (χ4v) is 0.955. The average molecular weight is 195 g/mol. The number of benzene rings is 1. The molecule has 0 spiro atoms. The van der Waals surface area contributed by atoms with Crippen LogP contribution in [0.1, 0.15) is 5.56 Å². The molecule has 0 saturated heterocycles. The van der Waals surface area contributed by atoms with E-state index in [1.807, 2.05) is 19.1 Å². The van der Waals surface area contributed by atoms with E-state index in [0.29, 0.717) is 13.2 Å². The van der Waals surface area contributed by atoms with E-state index in [-0.39, 0.29) is 6.79 Å². The van der Waals surface area contributed by atoms with Crippen LogP contribution in [0.25, 0.3) is 0 Å². The maximum atomic E-state index is 5.37. The van der Waals surface area contributed by atoms with Crippen LogP contribution in [0.2, 0.25) is 0 Å². The summed E-state index contributed by atoms with van der Waals surface area (Å²) in [6.07, 6.45) is 0. The molecule has 0 bridgehead atoms. The van der Waals surface area contributed by atoms with Gasteiger partial charge in [-0.25, -0.2) is 0 Å². The molecular weight excluding hydrogens is 180 g/mol. The van der Waals surface area contributed by atoms with Crippen LogP contribution < -0.4 is 4.74 Å². The third-order valence-corrected chi connectivity index (χ3v) is 1.76. The first-order valence-corrected chi connectivity index (χ1v) is 4.51. The summed E-state index contributed by atoms with van der Waals surface area (Å²) in [4.78, 5) is 0. The number of rotatable bonds is 6. The number of ether oxygens (including phenoxy) is 3. The second-order valence-electron chi connectivity index (χ2n) is 2.85. The van der Waals surface area contributed by atoms with E-state index in [9.17, 15) is 0 Å². The van der Waals surface area contributed by atoms with E-state index < -0.39 is 0 Å². The van der Waals surface area contributed by atoms with E-state index in [4.69, 9.17) is 14.2 Å². The molecule has 0 N–H and O–H groups in total. The zero-order valence-electron chi connectivity index (χ0n) is 8.58. The minimum Gasteiger partial charge on any atom is -0.467 e. The molecule has 0 aliphatic rings. The van der Waals surface area contributed by atoms with Gasteiger partial charge in [-0.05, 0) is 24.6 Å². The van der Waals surface area contributed by atoms with Crippen molar-refractivity contribution >= 4 is 0 Å². The fourth-order valence-electron chi connectivity index (χ4n) is 0.955. The van der Waals surface area contributed by atoms with Crippen LogP contribution in [0.5, 0.6) is 5.75 Å². The Hall–Kier alpha value is -1.06. The van der Waals surface area contributed by atoms with Crippen LogP contribution in [-0.4, -0.2) is 27.1 Å². The second-order valence-corrected chi connectivity index (χ2v) is 2.85. The molecule has 0 fully saturated rings. The largest absolute Gasteiger partial charge is 0.467 e. The molecule has 0 aliphatic carbocycles. The maximum Gasteiger partial charge on any atom is 0.189 e. The van der Waals surface area contributed by atoms with Gasteiger partial charge in [0, 0.05) is 7.11 Å². The summed E-state index contributed by atoms with van der Waals surface area (Å²) in [5.41, 5.74) is 1.08. The highest BCUT2D eigenvalue weighted by Crippen LogP contribution is 2.15. The van der Waals surface area contributed by atoms with Gasteiger partial charge >= 0.3 is 0 Å². The Morgan fingerprint density at radius 2 is 2.21 bits per heavy atom. The summed E-state index contributed by atoms with van der Waals surface area (Å²) in [5, 5.41) is 0. The van der Waals surface area contributed by atoms with E-state index >= 15 is 0 Å². The van der Waals surface area contributed by atoms with Crippen molar-refractivity contribution in [2.24, 2.45) is 0 Å². The Kier molecular flexibility index (Phi) is 5.04. The van der Waals surface area contributed by atoms with Crippen molar-refractivity contribution in [1.29, 1.82) is 0 Å². The Labute approximate surface area is 84.6 Å². The number of methoxy groups -OCH3 is 1. The number of aryl methyl sites for hydroxylation is 1. The summed E-state index contributed by atoms with van der Waals surface area (Å²) in [6.45, 7) is 3.37. The van der Waals surface area contributed by atoms with Crippen molar-refractivity contribution in [1.82, 2.24) is 0 Å². The molecule has 0 aliphatic heterocycles. The predicted molar refractivity (Wildman–Crippen MR) is 53.3 cm³/mol. The topological polar surface area (TPSA) is 27.7 Å². The molecule has 0 aromatic heterocycles. The second kappa shape index (κ2) is 6.40. The van der Waals surface area contributed by atoms with Crippen LogP contribution in [0.15, 0.2) is 18.2 Å². The molecule has 3 nitrogen and oxygen atoms in total. The van der Waals surface area contributed by atoms with Gasteiger partial charge in [0.25, 0.3) is 0 Å². The lowest BCUT2D eigenvalue weighted by Crippen LogP contribution is -2.08. The van der Waals surface area contributed by atoms with Crippen LogP contribution >= 0.6 is 0 Å². The van der Waals surface area contributed by atoms with Gasteiger partial charge < -0.3 is 14.2 Å².